The average molecular weight is 444 g/mol. The van der Waals surface area contributed by atoms with E-state index >= 15 is 0 Å². The number of rotatable bonds is 4. The Balaban J connectivity index is 1.70. The second kappa shape index (κ2) is 8.73. The van der Waals surface area contributed by atoms with Gasteiger partial charge in [-0.2, -0.15) is 5.26 Å². The van der Waals surface area contributed by atoms with Crippen LogP contribution in [0, 0.1) is 11.3 Å². The number of benzene rings is 2. The number of nitrogens with zero attached hydrogens (tertiary/aromatic N) is 2. The summed E-state index contributed by atoms with van der Waals surface area (Å²) in [5, 5.41) is 14.1. The maximum Gasteiger partial charge on any atom is 0.266 e. The molecule has 4 rings (SSSR count). The third-order valence-electron chi connectivity index (χ3n) is 5.25. The Hall–Kier alpha value is -2.10. The standard InChI is InChI=1S/C22H19Cl2N3OS/c23-17-2-1-3-18-19(17)20(24)21(29-18)22(28)27(16-8-10-26-11-9-16)13-15-6-4-14(12-25)5-7-15/h1-7,16,26H,8-11,13H2. The number of amides is 1. The maximum absolute atomic E-state index is 13.6. The molecule has 1 fully saturated rings. The highest BCUT2D eigenvalue weighted by atomic mass is 35.5. The van der Waals surface area contributed by atoms with Gasteiger partial charge in [0.15, 0.2) is 0 Å². The molecule has 3 aromatic rings. The van der Waals surface area contributed by atoms with Crippen molar-refractivity contribution in [1.29, 1.82) is 5.26 Å². The number of hydrogen-bond donors (Lipinski definition) is 1. The zero-order chi connectivity index (χ0) is 20.4. The molecule has 4 nitrogen and oxygen atoms in total. The van der Waals surface area contributed by atoms with Crippen LogP contribution in [0.4, 0.5) is 0 Å². The van der Waals surface area contributed by atoms with E-state index in [2.05, 4.69) is 11.4 Å². The predicted octanol–water partition coefficient (Wildman–Crippen LogP) is 5.47. The molecule has 0 spiro atoms. The number of carbonyl (C=O) groups excluding carboxylic acids is 1. The van der Waals surface area contributed by atoms with Gasteiger partial charge in [-0.05, 0) is 55.8 Å². The van der Waals surface area contributed by atoms with E-state index in [1.54, 1.807) is 18.2 Å². The van der Waals surface area contributed by atoms with Gasteiger partial charge in [-0.15, -0.1) is 11.3 Å². The fourth-order valence-corrected chi connectivity index (χ4v) is 5.61. The van der Waals surface area contributed by atoms with Crippen molar-refractivity contribution in [2.75, 3.05) is 13.1 Å². The van der Waals surface area contributed by atoms with Crippen LogP contribution in [0.1, 0.15) is 33.6 Å². The predicted molar refractivity (Wildman–Crippen MR) is 119 cm³/mol. The molecule has 0 atom stereocenters. The monoisotopic (exact) mass is 443 g/mol. The summed E-state index contributed by atoms with van der Waals surface area (Å²) >= 11 is 14.3. The first-order valence-electron chi connectivity index (χ1n) is 9.45. The molecule has 29 heavy (non-hydrogen) atoms. The van der Waals surface area contributed by atoms with E-state index in [0.29, 0.717) is 27.0 Å². The van der Waals surface area contributed by atoms with E-state index in [1.165, 1.54) is 11.3 Å². The summed E-state index contributed by atoms with van der Waals surface area (Å²) in [7, 11) is 0. The van der Waals surface area contributed by atoms with E-state index in [-0.39, 0.29) is 11.9 Å². The largest absolute Gasteiger partial charge is 0.330 e. The molecular weight excluding hydrogens is 425 g/mol. The molecule has 1 aliphatic heterocycles. The van der Waals surface area contributed by atoms with Crippen molar-refractivity contribution in [3.05, 3.63) is 68.5 Å². The lowest BCUT2D eigenvalue weighted by molar-refractivity contribution is 0.0628. The van der Waals surface area contributed by atoms with Crippen molar-refractivity contribution in [2.45, 2.75) is 25.4 Å². The zero-order valence-electron chi connectivity index (χ0n) is 15.6. The molecule has 1 N–H and O–H groups in total. The second-order valence-electron chi connectivity index (χ2n) is 7.08. The Bertz CT molecular complexity index is 1080. The Morgan fingerprint density at radius 1 is 1.17 bits per heavy atom. The molecule has 2 aromatic carbocycles. The topological polar surface area (TPSA) is 56.1 Å². The summed E-state index contributed by atoms with van der Waals surface area (Å²) < 4.78 is 0.912. The van der Waals surface area contributed by atoms with Crippen LogP contribution in [-0.2, 0) is 6.54 Å². The molecular formula is C22H19Cl2N3OS. The minimum absolute atomic E-state index is 0.0662. The maximum atomic E-state index is 13.6. The van der Waals surface area contributed by atoms with Crippen molar-refractivity contribution >= 4 is 50.5 Å². The number of hydrogen-bond acceptors (Lipinski definition) is 4. The molecule has 2 heterocycles. The number of carbonyl (C=O) groups is 1. The van der Waals surface area contributed by atoms with Crippen LogP contribution >= 0.6 is 34.5 Å². The molecule has 1 saturated heterocycles. The number of piperidine rings is 1. The van der Waals surface area contributed by atoms with Gasteiger partial charge in [-0.1, -0.05) is 41.4 Å². The van der Waals surface area contributed by atoms with Crippen molar-refractivity contribution < 1.29 is 4.79 Å². The second-order valence-corrected chi connectivity index (χ2v) is 8.92. The van der Waals surface area contributed by atoms with Crippen molar-refractivity contribution in [3.8, 4) is 6.07 Å². The highest BCUT2D eigenvalue weighted by Crippen LogP contribution is 2.40. The lowest BCUT2D eigenvalue weighted by atomic mass is 10.0. The molecule has 0 radical (unpaired) electrons. The van der Waals surface area contributed by atoms with E-state index in [0.717, 1.165) is 41.6 Å². The molecule has 0 saturated carbocycles. The van der Waals surface area contributed by atoms with Gasteiger partial charge in [0, 0.05) is 22.7 Å². The Labute approximate surface area is 183 Å². The number of thiophene rings is 1. The van der Waals surface area contributed by atoms with Crippen molar-refractivity contribution in [3.63, 3.8) is 0 Å². The van der Waals surface area contributed by atoms with Crippen LogP contribution in [-0.4, -0.2) is 29.9 Å². The summed E-state index contributed by atoms with van der Waals surface area (Å²) in [6.45, 7) is 2.25. The number of halogens is 2. The van der Waals surface area contributed by atoms with Crippen LogP contribution in [0.3, 0.4) is 0 Å². The van der Waals surface area contributed by atoms with Gasteiger partial charge in [-0.3, -0.25) is 4.79 Å². The molecule has 0 aliphatic carbocycles. The third kappa shape index (κ3) is 4.12. The first-order chi connectivity index (χ1) is 14.1. The first kappa shape index (κ1) is 20.2. The van der Waals surface area contributed by atoms with E-state index in [1.807, 2.05) is 29.2 Å². The minimum atomic E-state index is -0.0662. The Kier molecular flexibility index (Phi) is 6.07. The van der Waals surface area contributed by atoms with E-state index in [4.69, 9.17) is 28.5 Å². The Morgan fingerprint density at radius 2 is 1.90 bits per heavy atom. The van der Waals surface area contributed by atoms with Crippen LogP contribution in [0.5, 0.6) is 0 Å². The molecule has 0 unspecified atom stereocenters. The molecule has 1 amide bonds. The van der Waals surface area contributed by atoms with Gasteiger partial charge >= 0.3 is 0 Å². The van der Waals surface area contributed by atoms with E-state index in [9.17, 15) is 4.79 Å². The minimum Gasteiger partial charge on any atom is -0.330 e. The summed E-state index contributed by atoms with van der Waals surface area (Å²) in [6.07, 6.45) is 1.79. The smallest absolute Gasteiger partial charge is 0.266 e. The molecule has 1 aliphatic rings. The summed E-state index contributed by atoms with van der Waals surface area (Å²) in [5.41, 5.74) is 1.60. The molecule has 1 aromatic heterocycles. The van der Waals surface area contributed by atoms with Gasteiger partial charge in [0.25, 0.3) is 5.91 Å². The summed E-state index contributed by atoms with van der Waals surface area (Å²) in [6, 6.07) is 15.2. The van der Waals surface area contributed by atoms with Crippen molar-refractivity contribution in [2.24, 2.45) is 0 Å². The number of nitriles is 1. The molecule has 7 heteroatoms. The lowest BCUT2D eigenvalue weighted by Gasteiger charge is -2.34. The first-order valence-corrected chi connectivity index (χ1v) is 11.0. The average Bonchev–Trinajstić information content (AvgIpc) is 3.10. The lowest BCUT2D eigenvalue weighted by Crippen LogP contribution is -2.45. The quantitative estimate of drug-likeness (QED) is 0.580. The highest BCUT2D eigenvalue weighted by molar-refractivity contribution is 7.21. The fraction of sp³-hybridized carbons (Fsp3) is 0.273. The summed E-state index contributed by atoms with van der Waals surface area (Å²) in [5.74, 6) is -0.0662. The van der Waals surface area contributed by atoms with Crippen LogP contribution < -0.4 is 5.32 Å². The van der Waals surface area contributed by atoms with Gasteiger partial charge in [-0.25, -0.2) is 0 Å². The SMILES string of the molecule is N#Cc1ccc(CN(C(=O)c2sc3cccc(Cl)c3c2Cl)C2CCNCC2)cc1. The Morgan fingerprint density at radius 3 is 2.55 bits per heavy atom. The number of fused-ring (bicyclic) bond motifs is 1. The normalized spacial score (nSPS) is 14.7. The van der Waals surface area contributed by atoms with Crippen LogP contribution in [0.25, 0.3) is 10.1 Å². The van der Waals surface area contributed by atoms with Crippen LogP contribution in [0.15, 0.2) is 42.5 Å². The number of nitrogens with one attached hydrogen (secondary N) is 1. The van der Waals surface area contributed by atoms with Gasteiger partial charge in [0.05, 0.1) is 21.7 Å². The van der Waals surface area contributed by atoms with E-state index < -0.39 is 0 Å². The molecule has 148 valence electrons. The van der Waals surface area contributed by atoms with Crippen molar-refractivity contribution in [1.82, 2.24) is 10.2 Å². The van der Waals surface area contributed by atoms with Crippen LogP contribution in [0.2, 0.25) is 10.0 Å². The van der Waals surface area contributed by atoms with Gasteiger partial charge in [0.1, 0.15) is 4.88 Å². The summed E-state index contributed by atoms with van der Waals surface area (Å²) in [4.78, 5) is 16.1. The van der Waals surface area contributed by atoms with Gasteiger partial charge in [0.2, 0.25) is 0 Å². The highest BCUT2D eigenvalue weighted by Gasteiger charge is 2.30. The zero-order valence-corrected chi connectivity index (χ0v) is 17.9. The molecule has 0 bridgehead atoms. The third-order valence-corrected chi connectivity index (χ3v) is 7.19. The van der Waals surface area contributed by atoms with Gasteiger partial charge < -0.3 is 10.2 Å². The fourth-order valence-electron chi connectivity index (χ4n) is 3.71.